The van der Waals surface area contributed by atoms with E-state index in [1.165, 1.54) is 0 Å². The van der Waals surface area contributed by atoms with Crippen LogP contribution in [0.15, 0.2) is 42.5 Å². The van der Waals surface area contributed by atoms with E-state index in [4.69, 9.17) is 9.47 Å². The van der Waals surface area contributed by atoms with Crippen LogP contribution in [0.1, 0.15) is 53.7 Å². The fourth-order valence-corrected chi connectivity index (χ4v) is 2.96. The van der Waals surface area contributed by atoms with E-state index in [1.54, 1.807) is 0 Å². The number of esters is 1. The highest BCUT2D eigenvalue weighted by atomic mass is 16.5. The van der Waals surface area contributed by atoms with Crippen LogP contribution in [-0.4, -0.2) is 17.9 Å². The molecule has 0 bridgehead atoms. The SMILES string of the molecule is CC(C)OC(=O)CCCc1ccc2c(c1)C(=O)c1ccccc1CO2. The standard InChI is InChI=1S/C21H22O4/c1-14(2)25-20(22)9-5-6-15-10-11-19-18(12-15)21(23)17-8-4-3-7-16(17)13-24-19/h3-4,7-8,10-12,14H,5-6,9,13H2,1-2H3. The van der Waals surface area contributed by atoms with Crippen LogP contribution in [-0.2, 0) is 22.6 Å². The van der Waals surface area contributed by atoms with E-state index in [1.807, 2.05) is 56.3 Å². The molecule has 4 heteroatoms. The molecule has 1 aliphatic heterocycles. The number of carbonyl (C=O) groups is 2. The first-order valence-corrected chi connectivity index (χ1v) is 8.62. The minimum absolute atomic E-state index is 0.0100. The zero-order chi connectivity index (χ0) is 17.8. The van der Waals surface area contributed by atoms with Crippen LogP contribution < -0.4 is 4.74 Å². The van der Waals surface area contributed by atoms with Gasteiger partial charge >= 0.3 is 5.97 Å². The van der Waals surface area contributed by atoms with E-state index < -0.39 is 0 Å². The van der Waals surface area contributed by atoms with Gasteiger partial charge in [-0.3, -0.25) is 9.59 Å². The lowest BCUT2D eigenvalue weighted by molar-refractivity contribution is -0.147. The number of hydrogen-bond acceptors (Lipinski definition) is 4. The van der Waals surface area contributed by atoms with Gasteiger partial charge in [-0.25, -0.2) is 0 Å². The molecule has 3 rings (SSSR count). The lowest BCUT2D eigenvalue weighted by Gasteiger charge is -2.10. The van der Waals surface area contributed by atoms with Crippen molar-refractivity contribution in [1.29, 1.82) is 0 Å². The molecular weight excluding hydrogens is 316 g/mol. The van der Waals surface area contributed by atoms with Crippen molar-refractivity contribution in [2.24, 2.45) is 0 Å². The Kier molecular flexibility index (Phi) is 5.17. The molecule has 0 radical (unpaired) electrons. The highest BCUT2D eigenvalue weighted by Crippen LogP contribution is 2.29. The van der Waals surface area contributed by atoms with E-state index in [0.717, 1.165) is 17.5 Å². The van der Waals surface area contributed by atoms with Gasteiger partial charge in [0.1, 0.15) is 12.4 Å². The van der Waals surface area contributed by atoms with Gasteiger partial charge in [0.05, 0.1) is 11.7 Å². The average Bonchev–Trinajstić information content (AvgIpc) is 2.72. The predicted molar refractivity (Wildman–Crippen MR) is 94.8 cm³/mol. The third-order valence-electron chi connectivity index (χ3n) is 4.15. The highest BCUT2D eigenvalue weighted by Gasteiger charge is 2.22. The number of hydrogen-bond donors (Lipinski definition) is 0. The molecule has 0 saturated carbocycles. The molecule has 0 unspecified atom stereocenters. The molecule has 1 heterocycles. The summed E-state index contributed by atoms with van der Waals surface area (Å²) < 4.78 is 10.9. The van der Waals surface area contributed by atoms with E-state index >= 15 is 0 Å². The molecule has 2 aromatic rings. The van der Waals surface area contributed by atoms with Gasteiger partial charge in [0, 0.05) is 17.5 Å². The van der Waals surface area contributed by atoms with Gasteiger partial charge in [0.2, 0.25) is 0 Å². The van der Waals surface area contributed by atoms with Crippen molar-refractivity contribution in [3.8, 4) is 5.75 Å². The Balaban J connectivity index is 1.72. The quantitative estimate of drug-likeness (QED) is 0.771. The Hall–Kier alpha value is -2.62. The average molecular weight is 338 g/mol. The second-order valence-electron chi connectivity index (χ2n) is 6.50. The molecule has 0 N–H and O–H groups in total. The zero-order valence-corrected chi connectivity index (χ0v) is 14.6. The maximum atomic E-state index is 12.8. The van der Waals surface area contributed by atoms with Gasteiger partial charge in [-0.2, -0.15) is 0 Å². The van der Waals surface area contributed by atoms with Gasteiger partial charge in [0.25, 0.3) is 0 Å². The van der Waals surface area contributed by atoms with Gasteiger partial charge in [-0.1, -0.05) is 30.3 Å². The van der Waals surface area contributed by atoms with E-state index in [2.05, 4.69) is 0 Å². The first-order chi connectivity index (χ1) is 12.0. The summed E-state index contributed by atoms with van der Waals surface area (Å²) in [5, 5.41) is 0. The van der Waals surface area contributed by atoms with Crippen molar-refractivity contribution in [1.82, 2.24) is 0 Å². The molecule has 0 saturated heterocycles. The third kappa shape index (κ3) is 4.08. The van der Waals surface area contributed by atoms with Crippen molar-refractivity contribution >= 4 is 11.8 Å². The Morgan fingerprint density at radius 2 is 1.96 bits per heavy atom. The van der Waals surface area contributed by atoms with Crippen LogP contribution in [0.5, 0.6) is 5.75 Å². The third-order valence-corrected chi connectivity index (χ3v) is 4.15. The van der Waals surface area contributed by atoms with Crippen LogP contribution in [0, 0.1) is 0 Å². The fraction of sp³-hybridized carbons (Fsp3) is 0.333. The number of benzene rings is 2. The van der Waals surface area contributed by atoms with Crippen molar-refractivity contribution < 1.29 is 19.1 Å². The van der Waals surface area contributed by atoms with E-state index in [-0.39, 0.29) is 17.9 Å². The van der Waals surface area contributed by atoms with Gasteiger partial charge in [0.15, 0.2) is 5.78 Å². The molecule has 0 amide bonds. The Bertz CT molecular complexity index is 792. The molecule has 4 nitrogen and oxygen atoms in total. The molecule has 0 aromatic heterocycles. The minimum atomic E-state index is -0.182. The Morgan fingerprint density at radius 3 is 2.76 bits per heavy atom. The molecule has 2 aromatic carbocycles. The molecule has 0 aliphatic carbocycles. The second kappa shape index (κ2) is 7.51. The maximum Gasteiger partial charge on any atom is 0.306 e. The highest BCUT2D eigenvalue weighted by molar-refractivity contribution is 6.12. The summed E-state index contributed by atoms with van der Waals surface area (Å²) in [7, 11) is 0. The molecular formula is C21H22O4. The van der Waals surface area contributed by atoms with E-state index in [0.29, 0.717) is 36.3 Å². The minimum Gasteiger partial charge on any atom is -0.488 e. The normalized spacial score (nSPS) is 12.8. The van der Waals surface area contributed by atoms with E-state index in [9.17, 15) is 9.59 Å². The van der Waals surface area contributed by atoms with Crippen LogP contribution in [0.25, 0.3) is 0 Å². The van der Waals surface area contributed by atoms with Crippen molar-refractivity contribution in [2.75, 3.05) is 0 Å². The monoisotopic (exact) mass is 338 g/mol. The summed E-state index contributed by atoms with van der Waals surface area (Å²) >= 11 is 0. The maximum absolute atomic E-state index is 12.8. The first-order valence-electron chi connectivity index (χ1n) is 8.62. The van der Waals surface area contributed by atoms with Gasteiger partial charge in [-0.15, -0.1) is 0 Å². The van der Waals surface area contributed by atoms with Crippen LogP contribution in [0.3, 0.4) is 0 Å². The lowest BCUT2D eigenvalue weighted by Crippen LogP contribution is -2.11. The molecule has 1 aliphatic rings. The summed E-state index contributed by atoms with van der Waals surface area (Å²) in [4.78, 5) is 24.4. The topological polar surface area (TPSA) is 52.6 Å². The summed E-state index contributed by atoms with van der Waals surface area (Å²) in [6.07, 6.45) is 1.70. The molecule has 130 valence electrons. The van der Waals surface area contributed by atoms with Crippen LogP contribution in [0.4, 0.5) is 0 Å². The van der Waals surface area contributed by atoms with Crippen molar-refractivity contribution in [3.05, 3.63) is 64.7 Å². The number of aryl methyl sites for hydroxylation is 1. The molecule has 0 fully saturated rings. The number of ether oxygens (including phenoxy) is 2. The Morgan fingerprint density at radius 1 is 1.16 bits per heavy atom. The summed E-state index contributed by atoms with van der Waals surface area (Å²) in [6, 6.07) is 13.2. The van der Waals surface area contributed by atoms with Crippen molar-refractivity contribution in [3.63, 3.8) is 0 Å². The molecule has 0 spiro atoms. The lowest BCUT2D eigenvalue weighted by atomic mass is 9.96. The number of ketones is 1. The molecule has 25 heavy (non-hydrogen) atoms. The van der Waals surface area contributed by atoms with Crippen molar-refractivity contribution in [2.45, 2.75) is 45.8 Å². The smallest absolute Gasteiger partial charge is 0.306 e. The van der Waals surface area contributed by atoms with Gasteiger partial charge in [-0.05, 0) is 44.4 Å². The fourth-order valence-electron chi connectivity index (χ4n) is 2.96. The van der Waals surface area contributed by atoms with Crippen LogP contribution in [0.2, 0.25) is 0 Å². The zero-order valence-electron chi connectivity index (χ0n) is 14.6. The van der Waals surface area contributed by atoms with Gasteiger partial charge < -0.3 is 9.47 Å². The summed E-state index contributed by atoms with van der Waals surface area (Å²) in [5.74, 6) is 0.423. The number of fused-ring (bicyclic) bond motifs is 2. The largest absolute Gasteiger partial charge is 0.488 e. The number of carbonyl (C=O) groups excluding carboxylic acids is 2. The predicted octanol–water partition coefficient (Wildman–Crippen LogP) is 4.08. The van der Waals surface area contributed by atoms with Crippen LogP contribution >= 0.6 is 0 Å². The number of rotatable bonds is 5. The second-order valence-corrected chi connectivity index (χ2v) is 6.50. The molecule has 0 atom stereocenters. The summed E-state index contributed by atoms with van der Waals surface area (Å²) in [6.45, 7) is 4.08. The Labute approximate surface area is 147 Å². The summed E-state index contributed by atoms with van der Waals surface area (Å²) in [5.41, 5.74) is 3.21. The first kappa shape index (κ1) is 17.2.